The predicted molar refractivity (Wildman–Crippen MR) is 55.8 cm³/mol. The van der Waals surface area contributed by atoms with Gasteiger partial charge < -0.3 is 21.5 Å². The highest BCUT2D eigenvalue weighted by Crippen LogP contribution is 1.97. The molecule has 0 heterocycles. The largest absolute Gasteiger partial charge is 0.383 e. The molecular weight excluding hydrogens is 182 g/mol. The molecule has 0 fully saturated rings. The number of methoxy groups -OCH3 is 1. The SMILES string of the molecule is COCCNC(=O)C(N)CCCCN. The van der Waals surface area contributed by atoms with Gasteiger partial charge in [-0.15, -0.1) is 0 Å². The monoisotopic (exact) mass is 203 g/mol. The van der Waals surface area contributed by atoms with E-state index in [1.54, 1.807) is 7.11 Å². The zero-order valence-electron chi connectivity index (χ0n) is 8.79. The lowest BCUT2D eigenvalue weighted by Gasteiger charge is -2.11. The van der Waals surface area contributed by atoms with Crippen molar-refractivity contribution in [2.45, 2.75) is 25.3 Å². The molecule has 84 valence electrons. The maximum atomic E-state index is 11.3. The van der Waals surface area contributed by atoms with Crippen LogP contribution in [-0.4, -0.2) is 38.8 Å². The number of nitrogens with one attached hydrogen (secondary N) is 1. The Morgan fingerprint density at radius 2 is 2.21 bits per heavy atom. The Hall–Kier alpha value is -0.650. The van der Waals surface area contributed by atoms with E-state index >= 15 is 0 Å². The topological polar surface area (TPSA) is 90.4 Å². The molecule has 0 aliphatic rings. The molecule has 5 heteroatoms. The molecule has 14 heavy (non-hydrogen) atoms. The Balaban J connectivity index is 3.44. The molecule has 1 atom stereocenters. The zero-order chi connectivity index (χ0) is 10.8. The van der Waals surface area contributed by atoms with E-state index in [0.29, 0.717) is 26.1 Å². The number of hydrogen-bond acceptors (Lipinski definition) is 4. The van der Waals surface area contributed by atoms with Crippen LogP contribution in [0.2, 0.25) is 0 Å². The first-order valence-electron chi connectivity index (χ1n) is 4.94. The van der Waals surface area contributed by atoms with E-state index in [-0.39, 0.29) is 5.91 Å². The van der Waals surface area contributed by atoms with E-state index in [1.807, 2.05) is 0 Å². The third-order valence-electron chi connectivity index (χ3n) is 1.91. The van der Waals surface area contributed by atoms with Gasteiger partial charge in [0.25, 0.3) is 0 Å². The van der Waals surface area contributed by atoms with Crippen molar-refractivity contribution in [2.75, 3.05) is 26.8 Å². The second-order valence-electron chi connectivity index (χ2n) is 3.17. The number of nitrogens with two attached hydrogens (primary N) is 2. The number of carbonyl (C=O) groups is 1. The third kappa shape index (κ3) is 6.82. The van der Waals surface area contributed by atoms with Crippen molar-refractivity contribution in [1.29, 1.82) is 0 Å². The Bertz CT molecular complexity index is 153. The lowest BCUT2D eigenvalue weighted by Crippen LogP contribution is -2.41. The quantitative estimate of drug-likeness (QED) is 0.451. The summed E-state index contributed by atoms with van der Waals surface area (Å²) in [7, 11) is 1.59. The van der Waals surface area contributed by atoms with Gasteiger partial charge in [-0.2, -0.15) is 0 Å². The van der Waals surface area contributed by atoms with Crippen molar-refractivity contribution in [3.63, 3.8) is 0 Å². The van der Waals surface area contributed by atoms with E-state index in [1.165, 1.54) is 0 Å². The van der Waals surface area contributed by atoms with Gasteiger partial charge in [-0.1, -0.05) is 6.42 Å². The first kappa shape index (κ1) is 13.4. The highest BCUT2D eigenvalue weighted by molar-refractivity contribution is 5.81. The molecule has 0 rings (SSSR count). The van der Waals surface area contributed by atoms with Crippen LogP contribution >= 0.6 is 0 Å². The highest BCUT2D eigenvalue weighted by Gasteiger charge is 2.11. The molecule has 1 amide bonds. The minimum absolute atomic E-state index is 0.112. The van der Waals surface area contributed by atoms with Crippen LogP contribution in [0.15, 0.2) is 0 Å². The summed E-state index contributed by atoms with van der Waals surface area (Å²) in [5.41, 5.74) is 11.0. The summed E-state index contributed by atoms with van der Waals surface area (Å²) >= 11 is 0. The van der Waals surface area contributed by atoms with E-state index in [0.717, 1.165) is 12.8 Å². The fourth-order valence-corrected chi connectivity index (χ4v) is 1.05. The van der Waals surface area contributed by atoms with Gasteiger partial charge >= 0.3 is 0 Å². The van der Waals surface area contributed by atoms with Crippen molar-refractivity contribution in [1.82, 2.24) is 5.32 Å². The van der Waals surface area contributed by atoms with Crippen LogP contribution in [0.4, 0.5) is 0 Å². The van der Waals surface area contributed by atoms with Crippen LogP contribution in [0.25, 0.3) is 0 Å². The van der Waals surface area contributed by atoms with Gasteiger partial charge in [0, 0.05) is 13.7 Å². The second kappa shape index (κ2) is 8.93. The molecule has 0 radical (unpaired) electrons. The van der Waals surface area contributed by atoms with Gasteiger partial charge in [-0.3, -0.25) is 4.79 Å². The summed E-state index contributed by atoms with van der Waals surface area (Å²) in [5.74, 6) is -0.112. The fraction of sp³-hybridized carbons (Fsp3) is 0.889. The van der Waals surface area contributed by atoms with Gasteiger partial charge in [-0.25, -0.2) is 0 Å². The number of ether oxygens (including phenoxy) is 1. The van der Waals surface area contributed by atoms with Gasteiger partial charge in [-0.05, 0) is 19.4 Å². The van der Waals surface area contributed by atoms with Crippen LogP contribution in [0.1, 0.15) is 19.3 Å². The standard InChI is InChI=1S/C9H21N3O2/c1-14-7-6-12-9(13)8(11)4-2-3-5-10/h8H,2-7,10-11H2,1H3,(H,12,13). The first-order chi connectivity index (χ1) is 6.72. The van der Waals surface area contributed by atoms with Crippen LogP contribution in [0.5, 0.6) is 0 Å². The minimum atomic E-state index is -0.418. The molecule has 5 N–H and O–H groups in total. The molecular formula is C9H21N3O2. The number of hydrogen-bond donors (Lipinski definition) is 3. The summed E-state index contributed by atoms with van der Waals surface area (Å²) in [6, 6.07) is -0.418. The Morgan fingerprint density at radius 1 is 1.50 bits per heavy atom. The van der Waals surface area contributed by atoms with E-state index in [2.05, 4.69) is 5.32 Å². The Morgan fingerprint density at radius 3 is 2.79 bits per heavy atom. The Labute approximate surface area is 85.2 Å². The third-order valence-corrected chi connectivity index (χ3v) is 1.91. The summed E-state index contributed by atoms with van der Waals surface area (Å²) in [6.07, 6.45) is 2.50. The van der Waals surface area contributed by atoms with Crippen molar-refractivity contribution >= 4 is 5.91 Å². The average Bonchev–Trinajstić information content (AvgIpc) is 2.18. The van der Waals surface area contributed by atoms with E-state index in [4.69, 9.17) is 16.2 Å². The molecule has 0 aliphatic heterocycles. The normalized spacial score (nSPS) is 12.5. The average molecular weight is 203 g/mol. The lowest BCUT2D eigenvalue weighted by atomic mass is 10.1. The predicted octanol–water partition coefficient (Wildman–Crippen LogP) is -0.795. The number of unbranched alkanes of at least 4 members (excludes halogenated alkanes) is 1. The van der Waals surface area contributed by atoms with Gasteiger partial charge in [0.1, 0.15) is 0 Å². The number of amides is 1. The number of rotatable bonds is 8. The van der Waals surface area contributed by atoms with Crippen LogP contribution in [-0.2, 0) is 9.53 Å². The van der Waals surface area contributed by atoms with Crippen molar-refractivity contribution in [2.24, 2.45) is 11.5 Å². The molecule has 0 aromatic rings. The highest BCUT2D eigenvalue weighted by atomic mass is 16.5. The van der Waals surface area contributed by atoms with E-state index in [9.17, 15) is 4.79 Å². The molecule has 0 aromatic carbocycles. The van der Waals surface area contributed by atoms with E-state index < -0.39 is 6.04 Å². The first-order valence-corrected chi connectivity index (χ1v) is 4.94. The second-order valence-corrected chi connectivity index (χ2v) is 3.17. The molecule has 0 saturated carbocycles. The summed E-state index contributed by atoms with van der Waals surface area (Å²) < 4.78 is 4.80. The van der Waals surface area contributed by atoms with Crippen LogP contribution < -0.4 is 16.8 Å². The van der Waals surface area contributed by atoms with Gasteiger partial charge in [0.2, 0.25) is 5.91 Å². The van der Waals surface area contributed by atoms with Crippen LogP contribution in [0, 0.1) is 0 Å². The van der Waals surface area contributed by atoms with Crippen molar-refractivity contribution < 1.29 is 9.53 Å². The fourth-order valence-electron chi connectivity index (χ4n) is 1.05. The molecule has 0 aliphatic carbocycles. The molecule has 0 spiro atoms. The van der Waals surface area contributed by atoms with Gasteiger partial charge in [0.05, 0.1) is 12.6 Å². The lowest BCUT2D eigenvalue weighted by molar-refractivity contribution is -0.122. The molecule has 0 saturated heterocycles. The number of carbonyl (C=O) groups excluding carboxylic acids is 1. The summed E-state index contributed by atoms with van der Waals surface area (Å²) in [5, 5.41) is 2.69. The molecule has 5 nitrogen and oxygen atoms in total. The Kier molecular flexibility index (Phi) is 8.51. The minimum Gasteiger partial charge on any atom is -0.383 e. The molecule has 0 aromatic heterocycles. The zero-order valence-corrected chi connectivity index (χ0v) is 8.79. The molecule has 1 unspecified atom stereocenters. The van der Waals surface area contributed by atoms with Crippen molar-refractivity contribution in [3.8, 4) is 0 Å². The smallest absolute Gasteiger partial charge is 0.236 e. The maximum absolute atomic E-state index is 11.3. The van der Waals surface area contributed by atoms with Gasteiger partial charge in [0.15, 0.2) is 0 Å². The summed E-state index contributed by atoms with van der Waals surface area (Å²) in [4.78, 5) is 11.3. The van der Waals surface area contributed by atoms with Crippen molar-refractivity contribution in [3.05, 3.63) is 0 Å². The maximum Gasteiger partial charge on any atom is 0.236 e. The summed E-state index contributed by atoms with van der Waals surface area (Å²) in [6.45, 7) is 1.68. The molecule has 0 bridgehead atoms. The van der Waals surface area contributed by atoms with Crippen LogP contribution in [0.3, 0.4) is 0 Å².